The molecule has 1 N–H and O–H groups in total. The number of hydrogen-bond donors (Lipinski definition) is 1. The summed E-state index contributed by atoms with van der Waals surface area (Å²) in [5.41, 5.74) is 1.38. The lowest BCUT2D eigenvalue weighted by atomic mass is 9.78. The number of hydrogen-bond acceptors (Lipinski definition) is 1. The first kappa shape index (κ1) is 10.8. The zero-order valence-electron chi connectivity index (χ0n) is 11.0. The Labute approximate surface area is 98.9 Å². The molecule has 1 nitrogen and oxygen atoms in total. The minimum atomic E-state index is -0.515. The maximum absolute atomic E-state index is 10.6. The summed E-state index contributed by atoms with van der Waals surface area (Å²) >= 11 is 0. The van der Waals surface area contributed by atoms with Crippen molar-refractivity contribution < 1.29 is 5.11 Å². The maximum atomic E-state index is 10.6. The van der Waals surface area contributed by atoms with E-state index in [1.807, 2.05) is 6.92 Å². The Balaban J connectivity index is 1.99. The van der Waals surface area contributed by atoms with Crippen LogP contribution < -0.4 is 0 Å². The fraction of sp³-hybridized carbons (Fsp3) is 0.867. The Hall–Kier alpha value is -0.300. The lowest BCUT2D eigenvalue weighted by Crippen LogP contribution is -2.31. The number of allylic oxidation sites excluding steroid dienone is 1. The van der Waals surface area contributed by atoms with Gasteiger partial charge in [-0.1, -0.05) is 26.8 Å². The van der Waals surface area contributed by atoms with Crippen LogP contribution in [0.25, 0.3) is 0 Å². The van der Waals surface area contributed by atoms with Crippen LogP contribution in [0, 0.1) is 29.1 Å². The van der Waals surface area contributed by atoms with Gasteiger partial charge in [0.15, 0.2) is 0 Å². The molecule has 3 aliphatic carbocycles. The standard InChI is InChI=1S/C15H24O/c1-9-5-6-10-12(9)13-11(14(13,2)3)7-8-15(10,4)16/h6,9,11-13,16H,5,7-8H2,1-4H3/t9-,11-,12?,13-,15+/m1/s1. The molecule has 16 heavy (non-hydrogen) atoms. The molecule has 0 heterocycles. The second kappa shape index (κ2) is 2.93. The summed E-state index contributed by atoms with van der Waals surface area (Å²) in [7, 11) is 0. The Morgan fingerprint density at radius 3 is 2.69 bits per heavy atom. The van der Waals surface area contributed by atoms with Crippen LogP contribution in [0.15, 0.2) is 11.6 Å². The van der Waals surface area contributed by atoms with Gasteiger partial charge >= 0.3 is 0 Å². The van der Waals surface area contributed by atoms with Crippen molar-refractivity contribution in [2.45, 2.75) is 52.6 Å². The van der Waals surface area contributed by atoms with Gasteiger partial charge in [-0.25, -0.2) is 0 Å². The molecule has 0 aromatic rings. The maximum Gasteiger partial charge on any atom is 0.0831 e. The smallest absolute Gasteiger partial charge is 0.0831 e. The fourth-order valence-electron chi connectivity index (χ4n) is 4.66. The highest BCUT2D eigenvalue weighted by Crippen LogP contribution is 2.70. The largest absolute Gasteiger partial charge is 0.386 e. The van der Waals surface area contributed by atoms with Gasteiger partial charge < -0.3 is 5.11 Å². The molecule has 0 bridgehead atoms. The SMILES string of the molecule is C[C@@H]1CC=C2C1[C@H]1[C@@H](CC[C@]2(C)O)C1(C)C. The molecule has 2 fully saturated rings. The first-order valence-corrected chi connectivity index (χ1v) is 6.78. The van der Waals surface area contributed by atoms with Crippen molar-refractivity contribution in [1.29, 1.82) is 0 Å². The van der Waals surface area contributed by atoms with E-state index in [4.69, 9.17) is 0 Å². The van der Waals surface area contributed by atoms with Crippen LogP contribution in [0.2, 0.25) is 0 Å². The van der Waals surface area contributed by atoms with E-state index >= 15 is 0 Å². The molecule has 3 aliphatic rings. The van der Waals surface area contributed by atoms with Gasteiger partial charge in [-0.3, -0.25) is 0 Å². The van der Waals surface area contributed by atoms with E-state index in [0.29, 0.717) is 11.3 Å². The summed E-state index contributed by atoms with van der Waals surface area (Å²) in [6.45, 7) is 9.23. The molecule has 0 radical (unpaired) electrons. The van der Waals surface area contributed by atoms with Gasteiger partial charge in [0.2, 0.25) is 0 Å². The Kier molecular flexibility index (Phi) is 1.98. The third kappa shape index (κ3) is 1.21. The molecule has 0 spiro atoms. The lowest BCUT2D eigenvalue weighted by Gasteiger charge is -2.31. The lowest BCUT2D eigenvalue weighted by molar-refractivity contribution is 0.0738. The van der Waals surface area contributed by atoms with Gasteiger partial charge in [-0.2, -0.15) is 0 Å². The van der Waals surface area contributed by atoms with Crippen molar-refractivity contribution in [3.8, 4) is 0 Å². The summed E-state index contributed by atoms with van der Waals surface area (Å²) in [5.74, 6) is 3.10. The quantitative estimate of drug-likeness (QED) is 0.620. The van der Waals surface area contributed by atoms with Crippen LogP contribution in [-0.2, 0) is 0 Å². The number of aliphatic hydroxyl groups is 1. The van der Waals surface area contributed by atoms with Crippen LogP contribution in [-0.4, -0.2) is 10.7 Å². The molecule has 1 unspecified atom stereocenters. The van der Waals surface area contributed by atoms with Crippen LogP contribution in [0.3, 0.4) is 0 Å². The summed E-state index contributed by atoms with van der Waals surface area (Å²) in [6.07, 6.45) is 5.69. The Morgan fingerprint density at radius 2 is 2.00 bits per heavy atom. The van der Waals surface area contributed by atoms with E-state index < -0.39 is 5.60 Å². The fourth-order valence-corrected chi connectivity index (χ4v) is 4.66. The van der Waals surface area contributed by atoms with Gasteiger partial charge in [0.1, 0.15) is 0 Å². The second-order valence-electron chi connectivity index (χ2n) is 7.16. The third-order valence-corrected chi connectivity index (χ3v) is 5.77. The average molecular weight is 220 g/mol. The summed E-state index contributed by atoms with van der Waals surface area (Å²) in [4.78, 5) is 0. The number of fused-ring (bicyclic) bond motifs is 3. The topological polar surface area (TPSA) is 20.2 Å². The molecular formula is C15H24O. The predicted octanol–water partition coefficient (Wildman–Crippen LogP) is 3.39. The van der Waals surface area contributed by atoms with Crippen molar-refractivity contribution in [2.75, 3.05) is 0 Å². The third-order valence-electron chi connectivity index (χ3n) is 5.77. The molecule has 2 saturated carbocycles. The van der Waals surface area contributed by atoms with Gasteiger partial charge in [-0.05, 0) is 60.8 Å². The van der Waals surface area contributed by atoms with Gasteiger partial charge in [0.25, 0.3) is 0 Å². The molecule has 0 saturated heterocycles. The highest BCUT2D eigenvalue weighted by Gasteiger charge is 2.64. The first-order chi connectivity index (χ1) is 7.36. The molecule has 0 aliphatic heterocycles. The highest BCUT2D eigenvalue weighted by atomic mass is 16.3. The average Bonchev–Trinajstić information content (AvgIpc) is 2.51. The van der Waals surface area contributed by atoms with Crippen LogP contribution in [0.4, 0.5) is 0 Å². The van der Waals surface area contributed by atoms with Crippen molar-refractivity contribution in [1.82, 2.24) is 0 Å². The normalized spacial score (nSPS) is 53.7. The van der Waals surface area contributed by atoms with Crippen molar-refractivity contribution in [3.63, 3.8) is 0 Å². The molecule has 90 valence electrons. The van der Waals surface area contributed by atoms with Gasteiger partial charge in [0.05, 0.1) is 5.60 Å². The number of rotatable bonds is 0. The van der Waals surface area contributed by atoms with E-state index in [-0.39, 0.29) is 0 Å². The summed E-state index contributed by atoms with van der Waals surface area (Å²) in [5, 5.41) is 10.6. The van der Waals surface area contributed by atoms with E-state index in [1.54, 1.807) is 0 Å². The second-order valence-corrected chi connectivity index (χ2v) is 7.16. The van der Waals surface area contributed by atoms with Crippen LogP contribution in [0.1, 0.15) is 47.0 Å². The molecular weight excluding hydrogens is 196 g/mol. The molecule has 0 amide bonds. The highest BCUT2D eigenvalue weighted by molar-refractivity contribution is 5.31. The van der Waals surface area contributed by atoms with Crippen LogP contribution >= 0.6 is 0 Å². The van der Waals surface area contributed by atoms with Crippen molar-refractivity contribution in [3.05, 3.63) is 11.6 Å². The minimum absolute atomic E-state index is 0.515. The van der Waals surface area contributed by atoms with Crippen molar-refractivity contribution in [2.24, 2.45) is 29.1 Å². The molecule has 3 rings (SSSR count). The predicted molar refractivity (Wildman–Crippen MR) is 66.0 cm³/mol. The Bertz CT molecular complexity index is 350. The van der Waals surface area contributed by atoms with E-state index in [2.05, 4.69) is 26.8 Å². The van der Waals surface area contributed by atoms with E-state index in [0.717, 1.165) is 24.2 Å². The monoisotopic (exact) mass is 220 g/mol. The summed E-state index contributed by atoms with van der Waals surface area (Å²) in [6, 6.07) is 0. The molecule has 1 heteroatoms. The van der Waals surface area contributed by atoms with Crippen molar-refractivity contribution >= 4 is 0 Å². The zero-order valence-corrected chi connectivity index (χ0v) is 11.0. The van der Waals surface area contributed by atoms with Crippen LogP contribution in [0.5, 0.6) is 0 Å². The first-order valence-electron chi connectivity index (χ1n) is 6.78. The molecule has 0 aromatic carbocycles. The minimum Gasteiger partial charge on any atom is -0.386 e. The molecule has 5 atom stereocenters. The van der Waals surface area contributed by atoms with Gasteiger partial charge in [-0.15, -0.1) is 0 Å². The zero-order chi connectivity index (χ0) is 11.7. The van der Waals surface area contributed by atoms with E-state index in [9.17, 15) is 5.11 Å². The van der Waals surface area contributed by atoms with E-state index in [1.165, 1.54) is 18.4 Å². The Morgan fingerprint density at radius 1 is 1.31 bits per heavy atom. The van der Waals surface area contributed by atoms with Gasteiger partial charge in [0, 0.05) is 0 Å². The molecule has 0 aromatic heterocycles. The summed E-state index contributed by atoms with van der Waals surface area (Å²) < 4.78 is 0.